The van der Waals surface area contributed by atoms with E-state index in [2.05, 4.69) is 5.32 Å². The summed E-state index contributed by atoms with van der Waals surface area (Å²) in [7, 11) is 3.38. The first-order chi connectivity index (χ1) is 9.32. The molecule has 108 valence electrons. The van der Waals surface area contributed by atoms with Crippen molar-refractivity contribution in [3.63, 3.8) is 0 Å². The lowest BCUT2D eigenvalue weighted by molar-refractivity contribution is -0.121. The minimum Gasteiger partial charge on any atom is -0.345 e. The summed E-state index contributed by atoms with van der Waals surface area (Å²) in [5.74, 6) is -0.0395. The van der Waals surface area contributed by atoms with Gasteiger partial charge in [0.05, 0.1) is 5.54 Å². The summed E-state index contributed by atoms with van der Waals surface area (Å²) in [5, 5.41) is 2.80. The number of nitrogens with two attached hydrogens (primary N) is 1. The van der Waals surface area contributed by atoms with E-state index in [1.807, 2.05) is 0 Å². The summed E-state index contributed by atoms with van der Waals surface area (Å²) >= 11 is 0. The van der Waals surface area contributed by atoms with Crippen LogP contribution < -0.4 is 11.1 Å². The second-order valence-electron chi connectivity index (χ2n) is 5.79. The molecule has 1 atom stereocenters. The molecule has 0 spiro atoms. The maximum Gasteiger partial charge on any atom is 0.253 e. The van der Waals surface area contributed by atoms with Gasteiger partial charge in [-0.1, -0.05) is 6.07 Å². The minimum atomic E-state index is -0.846. The van der Waals surface area contributed by atoms with Crippen LogP contribution in [0.3, 0.4) is 0 Å². The molecule has 5 nitrogen and oxygen atoms in total. The molecule has 1 aromatic rings. The standard InChI is InChI=1S/C15H21N3O2/c1-15(16,11-7-8-11)14(20)17-12-6-4-5-10(9-12)13(19)18(2)3/h4-6,9,11H,7-8,16H2,1-3H3,(H,17,20). The summed E-state index contributed by atoms with van der Waals surface area (Å²) in [4.78, 5) is 25.6. The van der Waals surface area contributed by atoms with Crippen LogP contribution in [0.2, 0.25) is 0 Å². The zero-order valence-electron chi connectivity index (χ0n) is 12.1. The van der Waals surface area contributed by atoms with Crippen molar-refractivity contribution in [1.29, 1.82) is 0 Å². The second-order valence-corrected chi connectivity index (χ2v) is 5.79. The van der Waals surface area contributed by atoms with Gasteiger partial charge >= 0.3 is 0 Å². The summed E-state index contributed by atoms with van der Waals surface area (Å²) in [6.45, 7) is 1.76. The van der Waals surface area contributed by atoms with E-state index >= 15 is 0 Å². The lowest BCUT2D eigenvalue weighted by Gasteiger charge is -2.23. The van der Waals surface area contributed by atoms with Crippen LogP contribution in [-0.2, 0) is 4.79 Å². The van der Waals surface area contributed by atoms with E-state index in [0.29, 0.717) is 11.3 Å². The van der Waals surface area contributed by atoms with E-state index < -0.39 is 5.54 Å². The molecule has 1 fully saturated rings. The van der Waals surface area contributed by atoms with Crippen molar-refractivity contribution in [3.05, 3.63) is 29.8 Å². The summed E-state index contributed by atoms with van der Waals surface area (Å²) in [5.41, 5.74) is 6.36. The highest BCUT2D eigenvalue weighted by Gasteiger charge is 2.44. The summed E-state index contributed by atoms with van der Waals surface area (Å²) in [6.07, 6.45) is 2.00. The average Bonchev–Trinajstić information content (AvgIpc) is 3.22. The second kappa shape index (κ2) is 5.25. The third-order valence-corrected chi connectivity index (χ3v) is 3.69. The highest BCUT2D eigenvalue weighted by molar-refractivity contribution is 6.00. The number of benzene rings is 1. The largest absolute Gasteiger partial charge is 0.345 e. The number of carbonyl (C=O) groups is 2. The topological polar surface area (TPSA) is 75.4 Å². The Morgan fingerprint density at radius 3 is 2.55 bits per heavy atom. The van der Waals surface area contributed by atoms with Crippen LogP contribution in [0, 0.1) is 5.92 Å². The molecular weight excluding hydrogens is 254 g/mol. The van der Waals surface area contributed by atoms with Crippen molar-refractivity contribution in [3.8, 4) is 0 Å². The fourth-order valence-electron chi connectivity index (χ4n) is 2.12. The molecule has 2 rings (SSSR count). The van der Waals surface area contributed by atoms with Gasteiger partial charge in [0.15, 0.2) is 0 Å². The Balaban J connectivity index is 2.12. The molecule has 5 heteroatoms. The SMILES string of the molecule is CN(C)C(=O)c1cccc(NC(=O)C(C)(N)C2CC2)c1. The van der Waals surface area contributed by atoms with Gasteiger partial charge in [0.1, 0.15) is 0 Å². The number of carbonyl (C=O) groups excluding carboxylic acids is 2. The van der Waals surface area contributed by atoms with Gasteiger partial charge in [0.25, 0.3) is 5.91 Å². The molecule has 1 aliphatic rings. The van der Waals surface area contributed by atoms with Gasteiger partial charge in [-0.05, 0) is 43.9 Å². The van der Waals surface area contributed by atoms with Gasteiger partial charge in [-0.25, -0.2) is 0 Å². The van der Waals surface area contributed by atoms with Crippen molar-refractivity contribution < 1.29 is 9.59 Å². The Labute approximate surface area is 119 Å². The highest BCUT2D eigenvalue weighted by Crippen LogP contribution is 2.38. The first-order valence-electron chi connectivity index (χ1n) is 6.74. The van der Waals surface area contributed by atoms with E-state index in [9.17, 15) is 9.59 Å². The van der Waals surface area contributed by atoms with Crippen molar-refractivity contribution in [2.24, 2.45) is 11.7 Å². The molecule has 1 aromatic carbocycles. The molecule has 0 aromatic heterocycles. The maximum absolute atomic E-state index is 12.2. The predicted octanol–water partition coefficient (Wildman–Crippen LogP) is 1.45. The molecule has 0 heterocycles. The van der Waals surface area contributed by atoms with Crippen molar-refractivity contribution >= 4 is 17.5 Å². The lowest BCUT2D eigenvalue weighted by Crippen LogP contribution is -2.50. The zero-order chi connectivity index (χ0) is 14.9. The number of nitrogens with zero attached hydrogens (tertiary/aromatic N) is 1. The zero-order valence-corrected chi connectivity index (χ0v) is 12.1. The molecule has 0 aliphatic heterocycles. The first kappa shape index (κ1) is 14.5. The molecule has 1 saturated carbocycles. The predicted molar refractivity (Wildman–Crippen MR) is 78.4 cm³/mol. The number of hydrogen-bond acceptors (Lipinski definition) is 3. The van der Waals surface area contributed by atoms with E-state index in [-0.39, 0.29) is 17.7 Å². The van der Waals surface area contributed by atoms with Crippen molar-refractivity contribution in [2.75, 3.05) is 19.4 Å². The summed E-state index contributed by atoms with van der Waals surface area (Å²) < 4.78 is 0. The van der Waals surface area contributed by atoms with E-state index in [0.717, 1.165) is 12.8 Å². The fourth-order valence-corrected chi connectivity index (χ4v) is 2.12. The van der Waals surface area contributed by atoms with E-state index in [4.69, 9.17) is 5.73 Å². The number of nitrogens with one attached hydrogen (secondary N) is 1. The van der Waals surface area contributed by atoms with Crippen LogP contribution in [0.25, 0.3) is 0 Å². The molecule has 0 bridgehead atoms. The fraction of sp³-hybridized carbons (Fsp3) is 0.467. The Hall–Kier alpha value is -1.88. The average molecular weight is 275 g/mol. The van der Waals surface area contributed by atoms with Crippen LogP contribution in [0.5, 0.6) is 0 Å². The quantitative estimate of drug-likeness (QED) is 0.873. The van der Waals surface area contributed by atoms with Crippen LogP contribution in [0.1, 0.15) is 30.1 Å². The molecule has 2 amide bonds. The Morgan fingerprint density at radius 2 is 2.00 bits per heavy atom. The molecule has 0 saturated heterocycles. The van der Waals surface area contributed by atoms with Gasteiger partial charge in [0, 0.05) is 25.3 Å². The third kappa shape index (κ3) is 2.99. The Morgan fingerprint density at radius 1 is 1.35 bits per heavy atom. The molecule has 0 radical (unpaired) electrons. The number of rotatable bonds is 4. The monoisotopic (exact) mass is 275 g/mol. The van der Waals surface area contributed by atoms with Gasteiger partial charge in [0.2, 0.25) is 5.91 Å². The highest BCUT2D eigenvalue weighted by atomic mass is 16.2. The molecular formula is C15H21N3O2. The maximum atomic E-state index is 12.2. The number of hydrogen-bond donors (Lipinski definition) is 2. The van der Waals surface area contributed by atoms with Crippen LogP contribution >= 0.6 is 0 Å². The summed E-state index contributed by atoms with van der Waals surface area (Å²) in [6, 6.07) is 6.90. The molecule has 1 aliphatic carbocycles. The number of amides is 2. The van der Waals surface area contributed by atoms with Crippen molar-refractivity contribution in [1.82, 2.24) is 4.90 Å². The molecule has 20 heavy (non-hydrogen) atoms. The van der Waals surface area contributed by atoms with Crippen molar-refractivity contribution in [2.45, 2.75) is 25.3 Å². The van der Waals surface area contributed by atoms with Crippen LogP contribution in [-0.4, -0.2) is 36.3 Å². The van der Waals surface area contributed by atoms with E-state index in [1.165, 1.54) is 4.90 Å². The smallest absolute Gasteiger partial charge is 0.253 e. The first-order valence-corrected chi connectivity index (χ1v) is 6.74. The molecule has 1 unspecified atom stereocenters. The third-order valence-electron chi connectivity index (χ3n) is 3.69. The minimum absolute atomic E-state index is 0.0983. The van der Waals surface area contributed by atoms with Gasteiger partial charge in [-0.3, -0.25) is 9.59 Å². The van der Waals surface area contributed by atoms with E-state index in [1.54, 1.807) is 45.3 Å². The van der Waals surface area contributed by atoms with Gasteiger partial charge in [-0.2, -0.15) is 0 Å². The number of anilines is 1. The normalized spacial score (nSPS) is 17.2. The van der Waals surface area contributed by atoms with Crippen LogP contribution in [0.15, 0.2) is 24.3 Å². The van der Waals surface area contributed by atoms with Gasteiger partial charge < -0.3 is 16.0 Å². The Bertz CT molecular complexity index is 534. The van der Waals surface area contributed by atoms with Crippen LogP contribution in [0.4, 0.5) is 5.69 Å². The Kier molecular flexibility index (Phi) is 3.81. The van der Waals surface area contributed by atoms with Gasteiger partial charge in [-0.15, -0.1) is 0 Å². The molecule has 3 N–H and O–H groups in total. The lowest BCUT2D eigenvalue weighted by atomic mass is 9.96.